The van der Waals surface area contributed by atoms with Crippen LogP contribution in [0.1, 0.15) is 24.0 Å². The molecular weight excluding hydrogens is 309 g/mol. The van der Waals surface area contributed by atoms with Gasteiger partial charge in [-0.3, -0.25) is 4.79 Å². The number of carboxylic acid groups (broad SMARTS) is 1. The number of hydrogen-bond donors (Lipinski definition) is 2. The van der Waals surface area contributed by atoms with E-state index in [1.807, 2.05) is 24.3 Å². The molecule has 1 unspecified atom stereocenters. The fourth-order valence-corrected chi connectivity index (χ4v) is 2.25. The first kappa shape index (κ1) is 15.7. The molecule has 21 heavy (non-hydrogen) atoms. The first-order valence-corrected chi connectivity index (χ1v) is 7.23. The summed E-state index contributed by atoms with van der Waals surface area (Å²) in [5, 5.41) is 13.4. The van der Waals surface area contributed by atoms with Gasteiger partial charge in [-0.2, -0.15) is 0 Å². The third kappa shape index (κ3) is 4.13. The predicted molar refractivity (Wildman–Crippen MR) is 86.3 cm³/mol. The van der Waals surface area contributed by atoms with Crippen LogP contribution in [0.2, 0.25) is 10.0 Å². The minimum Gasteiger partial charge on any atom is -0.481 e. The number of carbonyl (C=O) groups is 1. The van der Waals surface area contributed by atoms with Crippen molar-refractivity contribution < 1.29 is 9.90 Å². The van der Waals surface area contributed by atoms with Gasteiger partial charge in [0.15, 0.2) is 0 Å². The van der Waals surface area contributed by atoms with Gasteiger partial charge >= 0.3 is 5.97 Å². The van der Waals surface area contributed by atoms with Crippen molar-refractivity contribution in [2.24, 2.45) is 0 Å². The van der Waals surface area contributed by atoms with E-state index in [1.165, 1.54) is 0 Å². The van der Waals surface area contributed by atoms with E-state index < -0.39 is 11.9 Å². The Morgan fingerprint density at radius 1 is 1.19 bits per heavy atom. The van der Waals surface area contributed by atoms with E-state index in [0.717, 1.165) is 16.8 Å². The maximum Gasteiger partial charge on any atom is 0.310 e. The maximum atomic E-state index is 10.9. The molecule has 2 N–H and O–H groups in total. The highest BCUT2D eigenvalue weighted by molar-refractivity contribution is 6.35. The number of halogens is 2. The van der Waals surface area contributed by atoms with E-state index in [0.29, 0.717) is 16.6 Å². The molecule has 0 aliphatic carbocycles. The van der Waals surface area contributed by atoms with Crippen LogP contribution in [0, 0.1) is 0 Å². The van der Waals surface area contributed by atoms with Crippen molar-refractivity contribution in [1.29, 1.82) is 0 Å². The summed E-state index contributed by atoms with van der Waals surface area (Å²) in [7, 11) is 0. The van der Waals surface area contributed by atoms with E-state index in [1.54, 1.807) is 25.1 Å². The summed E-state index contributed by atoms with van der Waals surface area (Å²) in [6.45, 7) is 2.25. The van der Waals surface area contributed by atoms with Crippen molar-refractivity contribution in [2.45, 2.75) is 19.4 Å². The second-order valence-electron chi connectivity index (χ2n) is 4.78. The van der Waals surface area contributed by atoms with Crippen LogP contribution in [0.5, 0.6) is 0 Å². The molecule has 0 amide bonds. The monoisotopic (exact) mass is 323 g/mol. The highest BCUT2D eigenvalue weighted by Gasteiger charge is 2.12. The van der Waals surface area contributed by atoms with Gasteiger partial charge in [-0.05, 0) is 36.2 Å². The van der Waals surface area contributed by atoms with Gasteiger partial charge < -0.3 is 10.4 Å². The summed E-state index contributed by atoms with van der Waals surface area (Å²) in [4.78, 5) is 10.9. The zero-order valence-corrected chi connectivity index (χ0v) is 12.9. The molecule has 0 aliphatic heterocycles. The van der Waals surface area contributed by atoms with Crippen molar-refractivity contribution in [1.82, 2.24) is 0 Å². The summed E-state index contributed by atoms with van der Waals surface area (Å²) in [6, 6.07) is 12.7. The molecule has 2 rings (SSSR count). The molecule has 0 heterocycles. The van der Waals surface area contributed by atoms with Crippen molar-refractivity contribution >= 4 is 34.9 Å². The standard InChI is InChI=1S/C16H15Cl2NO2/c1-10(16(20)21)12-4-2-11(3-5-12)9-19-15-8-13(17)6-7-14(15)18/h2-8,10,19H,9H2,1H3,(H,20,21). The lowest BCUT2D eigenvalue weighted by atomic mass is 10.00. The highest BCUT2D eigenvalue weighted by atomic mass is 35.5. The third-order valence-corrected chi connectivity index (χ3v) is 3.83. The first-order chi connectivity index (χ1) is 9.97. The second kappa shape index (κ2) is 6.83. The molecule has 0 fully saturated rings. The lowest BCUT2D eigenvalue weighted by molar-refractivity contribution is -0.138. The normalized spacial score (nSPS) is 12.0. The molecule has 1 atom stereocenters. The molecule has 2 aromatic carbocycles. The molecule has 0 spiro atoms. The zero-order valence-electron chi connectivity index (χ0n) is 11.4. The highest BCUT2D eigenvalue weighted by Crippen LogP contribution is 2.26. The number of rotatable bonds is 5. The average Bonchev–Trinajstić information content (AvgIpc) is 2.48. The lowest BCUT2D eigenvalue weighted by Gasteiger charge is -2.11. The van der Waals surface area contributed by atoms with E-state index in [2.05, 4.69) is 5.32 Å². The molecule has 110 valence electrons. The van der Waals surface area contributed by atoms with Crippen LogP contribution in [-0.2, 0) is 11.3 Å². The minimum absolute atomic E-state index is 0.505. The zero-order chi connectivity index (χ0) is 15.4. The predicted octanol–water partition coefficient (Wildman–Crippen LogP) is 4.79. The maximum absolute atomic E-state index is 10.9. The summed E-state index contributed by atoms with van der Waals surface area (Å²) < 4.78 is 0. The number of carboxylic acids is 1. The Bertz CT molecular complexity index is 641. The molecule has 2 aromatic rings. The molecule has 0 aromatic heterocycles. The van der Waals surface area contributed by atoms with Gasteiger partial charge in [-0.25, -0.2) is 0 Å². The number of aliphatic carboxylic acids is 1. The summed E-state index contributed by atoms with van der Waals surface area (Å²) in [5.74, 6) is -1.33. The van der Waals surface area contributed by atoms with Crippen LogP contribution in [0.15, 0.2) is 42.5 Å². The molecule has 0 saturated carbocycles. The van der Waals surface area contributed by atoms with Gasteiger partial charge in [0.05, 0.1) is 16.6 Å². The third-order valence-electron chi connectivity index (χ3n) is 3.26. The van der Waals surface area contributed by atoms with Gasteiger partial charge in [0, 0.05) is 11.6 Å². The number of benzene rings is 2. The molecule has 0 radical (unpaired) electrons. The van der Waals surface area contributed by atoms with E-state index in [-0.39, 0.29) is 0 Å². The van der Waals surface area contributed by atoms with Crippen LogP contribution in [0.3, 0.4) is 0 Å². The van der Waals surface area contributed by atoms with Crippen LogP contribution in [0.25, 0.3) is 0 Å². The number of nitrogens with one attached hydrogen (secondary N) is 1. The van der Waals surface area contributed by atoms with E-state index >= 15 is 0 Å². The van der Waals surface area contributed by atoms with Crippen LogP contribution in [-0.4, -0.2) is 11.1 Å². The minimum atomic E-state index is -0.827. The lowest BCUT2D eigenvalue weighted by Crippen LogP contribution is -2.07. The molecule has 3 nitrogen and oxygen atoms in total. The van der Waals surface area contributed by atoms with E-state index in [4.69, 9.17) is 28.3 Å². The first-order valence-electron chi connectivity index (χ1n) is 6.48. The van der Waals surface area contributed by atoms with Crippen molar-refractivity contribution in [2.75, 3.05) is 5.32 Å². The average molecular weight is 324 g/mol. The van der Waals surface area contributed by atoms with Crippen molar-refractivity contribution in [3.05, 3.63) is 63.6 Å². The van der Waals surface area contributed by atoms with Gasteiger partial charge in [-0.1, -0.05) is 47.5 Å². The molecule has 0 bridgehead atoms. The quantitative estimate of drug-likeness (QED) is 0.831. The van der Waals surface area contributed by atoms with Crippen molar-refractivity contribution in [3.63, 3.8) is 0 Å². The Balaban J connectivity index is 2.04. The van der Waals surface area contributed by atoms with Crippen molar-refractivity contribution in [3.8, 4) is 0 Å². The van der Waals surface area contributed by atoms with Gasteiger partial charge in [-0.15, -0.1) is 0 Å². The SMILES string of the molecule is CC(C(=O)O)c1ccc(CNc2cc(Cl)ccc2Cl)cc1. The Morgan fingerprint density at radius 3 is 2.48 bits per heavy atom. The topological polar surface area (TPSA) is 49.3 Å². The van der Waals surface area contributed by atoms with Crippen LogP contribution in [0.4, 0.5) is 5.69 Å². The molecule has 5 heteroatoms. The Hall–Kier alpha value is -1.71. The fraction of sp³-hybridized carbons (Fsp3) is 0.188. The Labute approximate surface area is 133 Å². The van der Waals surface area contributed by atoms with E-state index in [9.17, 15) is 4.79 Å². The summed E-state index contributed by atoms with van der Waals surface area (Å²) in [5.41, 5.74) is 2.59. The molecule has 0 aliphatic rings. The molecular formula is C16H15Cl2NO2. The number of anilines is 1. The fourth-order valence-electron chi connectivity index (χ4n) is 1.90. The van der Waals surface area contributed by atoms with Crippen LogP contribution >= 0.6 is 23.2 Å². The summed E-state index contributed by atoms with van der Waals surface area (Å²) in [6.07, 6.45) is 0. The molecule has 0 saturated heterocycles. The smallest absolute Gasteiger partial charge is 0.310 e. The van der Waals surface area contributed by atoms with Crippen LogP contribution < -0.4 is 5.32 Å². The summed E-state index contributed by atoms with van der Waals surface area (Å²) >= 11 is 12.0. The number of hydrogen-bond acceptors (Lipinski definition) is 2. The van der Waals surface area contributed by atoms with Gasteiger partial charge in [0.25, 0.3) is 0 Å². The largest absolute Gasteiger partial charge is 0.481 e. The Morgan fingerprint density at radius 2 is 1.86 bits per heavy atom. The Kier molecular flexibility index (Phi) is 5.10. The van der Waals surface area contributed by atoms with Gasteiger partial charge in [0.1, 0.15) is 0 Å². The van der Waals surface area contributed by atoms with Gasteiger partial charge in [0.2, 0.25) is 0 Å². The second-order valence-corrected chi connectivity index (χ2v) is 5.62.